The van der Waals surface area contributed by atoms with Gasteiger partial charge >= 0.3 is 5.97 Å². The second-order valence-electron chi connectivity index (χ2n) is 5.52. The van der Waals surface area contributed by atoms with Crippen molar-refractivity contribution in [2.45, 2.75) is 32.6 Å². The number of ketones is 1. The Morgan fingerprint density at radius 2 is 1.81 bits per heavy atom. The molecule has 0 aliphatic rings. The number of ether oxygens (including phenoxy) is 1. The maximum atomic E-state index is 11.7. The first kappa shape index (κ1) is 17.4. The minimum atomic E-state index is -0.482. The van der Waals surface area contributed by atoms with Crippen molar-refractivity contribution in [2.24, 2.45) is 11.8 Å². The fourth-order valence-electron chi connectivity index (χ4n) is 2.57. The highest BCUT2D eigenvalue weighted by molar-refractivity contribution is 5.81. The van der Waals surface area contributed by atoms with Crippen molar-refractivity contribution in [3.05, 3.63) is 35.9 Å². The van der Waals surface area contributed by atoms with Crippen LogP contribution in [0.15, 0.2) is 30.3 Å². The van der Waals surface area contributed by atoms with Crippen molar-refractivity contribution in [1.82, 2.24) is 0 Å². The van der Waals surface area contributed by atoms with Gasteiger partial charge in [0.1, 0.15) is 6.61 Å². The normalized spacial score (nSPS) is 15.0. The second kappa shape index (κ2) is 8.57. The van der Waals surface area contributed by atoms with E-state index in [4.69, 9.17) is 9.84 Å². The molecule has 1 N–H and O–H groups in total. The molecule has 0 aromatic heterocycles. The molecular weight excluding hydrogens is 268 g/mol. The molecule has 0 heterocycles. The molecule has 0 spiro atoms. The topological polar surface area (TPSA) is 63.6 Å². The Hall–Kier alpha value is -1.68. The lowest BCUT2D eigenvalue weighted by atomic mass is 9.80. The summed E-state index contributed by atoms with van der Waals surface area (Å²) < 4.78 is 4.78. The zero-order chi connectivity index (χ0) is 15.8. The van der Waals surface area contributed by atoms with Crippen molar-refractivity contribution < 1.29 is 19.4 Å². The van der Waals surface area contributed by atoms with E-state index in [1.54, 1.807) is 6.92 Å². The molecule has 0 aliphatic carbocycles. The molecule has 4 nitrogen and oxygen atoms in total. The van der Waals surface area contributed by atoms with Gasteiger partial charge in [-0.15, -0.1) is 0 Å². The largest absolute Gasteiger partial charge is 0.469 e. The summed E-state index contributed by atoms with van der Waals surface area (Å²) in [6, 6.07) is 9.99. The Morgan fingerprint density at radius 3 is 2.33 bits per heavy atom. The fraction of sp³-hybridized carbons (Fsp3) is 0.529. The maximum Gasteiger partial charge on any atom is 0.308 e. The summed E-state index contributed by atoms with van der Waals surface area (Å²) in [7, 11) is 1.35. The van der Waals surface area contributed by atoms with Gasteiger partial charge in [-0.1, -0.05) is 44.2 Å². The third kappa shape index (κ3) is 5.31. The highest BCUT2D eigenvalue weighted by Gasteiger charge is 2.28. The summed E-state index contributed by atoms with van der Waals surface area (Å²) in [5.74, 6) is -0.819. The predicted octanol–water partition coefficient (Wildman–Crippen LogP) is 2.56. The van der Waals surface area contributed by atoms with Gasteiger partial charge in [-0.2, -0.15) is 0 Å². The molecule has 0 saturated carbocycles. The second-order valence-corrected chi connectivity index (χ2v) is 5.52. The van der Waals surface area contributed by atoms with Crippen molar-refractivity contribution in [3.8, 4) is 0 Å². The van der Waals surface area contributed by atoms with Crippen LogP contribution in [0.3, 0.4) is 0 Å². The third-order valence-corrected chi connectivity index (χ3v) is 3.97. The van der Waals surface area contributed by atoms with Crippen molar-refractivity contribution in [3.63, 3.8) is 0 Å². The van der Waals surface area contributed by atoms with Crippen LogP contribution >= 0.6 is 0 Å². The van der Waals surface area contributed by atoms with Crippen molar-refractivity contribution in [2.75, 3.05) is 13.7 Å². The Labute approximate surface area is 126 Å². The van der Waals surface area contributed by atoms with Gasteiger partial charge in [0, 0.05) is 6.42 Å². The molecule has 3 atom stereocenters. The van der Waals surface area contributed by atoms with Gasteiger partial charge in [0.05, 0.1) is 13.0 Å². The summed E-state index contributed by atoms with van der Waals surface area (Å²) in [5, 5.41) is 8.95. The molecule has 0 bridgehead atoms. The number of Topliss-reactive ketones (excluding diaryl/α,β-unsaturated/α-hetero) is 1. The van der Waals surface area contributed by atoms with E-state index in [1.165, 1.54) is 12.7 Å². The van der Waals surface area contributed by atoms with Crippen LogP contribution in [0.25, 0.3) is 0 Å². The highest BCUT2D eigenvalue weighted by Crippen LogP contribution is 2.30. The van der Waals surface area contributed by atoms with Crippen LogP contribution in [-0.2, 0) is 14.3 Å². The van der Waals surface area contributed by atoms with Gasteiger partial charge in [-0.05, 0) is 23.8 Å². The monoisotopic (exact) mass is 292 g/mol. The first-order chi connectivity index (χ1) is 9.99. The minimum Gasteiger partial charge on any atom is -0.469 e. The lowest BCUT2D eigenvalue weighted by Gasteiger charge is -2.24. The number of aliphatic hydroxyl groups is 1. The first-order valence-corrected chi connectivity index (χ1v) is 7.24. The Kier molecular flexibility index (Phi) is 7.09. The number of carbonyl (C=O) groups excluding carboxylic acids is 2. The molecule has 0 aliphatic heterocycles. The Morgan fingerprint density at radius 1 is 1.19 bits per heavy atom. The molecule has 0 amide bonds. The summed E-state index contributed by atoms with van der Waals surface area (Å²) in [6.07, 6.45) is 0.899. The summed E-state index contributed by atoms with van der Waals surface area (Å²) in [5.41, 5.74) is 1.18. The van der Waals surface area contributed by atoms with Crippen LogP contribution in [0, 0.1) is 11.8 Å². The van der Waals surface area contributed by atoms with Gasteiger partial charge in [-0.25, -0.2) is 0 Å². The quantitative estimate of drug-likeness (QED) is 0.748. The molecule has 1 aromatic carbocycles. The van der Waals surface area contributed by atoms with Crippen LogP contribution in [0.4, 0.5) is 0 Å². The number of esters is 1. The van der Waals surface area contributed by atoms with E-state index in [0.717, 1.165) is 0 Å². The average Bonchev–Trinajstić information content (AvgIpc) is 2.53. The Bertz CT molecular complexity index is 455. The highest BCUT2D eigenvalue weighted by atomic mass is 16.5. The standard InChI is InChI=1S/C17H24O4/c1-12(14-7-5-4-6-8-14)9-15(10-16(19)11-18)13(2)17(20)21-3/h4-8,12-13,15,18H,9-11H2,1-3H3/t12?,13-,15?/m0/s1. The number of carbonyl (C=O) groups is 2. The Balaban J connectivity index is 2.81. The van der Waals surface area contributed by atoms with Crippen LogP contribution < -0.4 is 0 Å². The summed E-state index contributed by atoms with van der Waals surface area (Å²) in [4.78, 5) is 23.3. The molecule has 116 valence electrons. The van der Waals surface area contributed by atoms with Crippen molar-refractivity contribution in [1.29, 1.82) is 0 Å². The lowest BCUT2D eigenvalue weighted by molar-refractivity contribution is -0.147. The summed E-state index contributed by atoms with van der Waals surface area (Å²) >= 11 is 0. The number of benzene rings is 1. The van der Waals surface area contributed by atoms with Crippen LogP contribution in [0.5, 0.6) is 0 Å². The molecule has 1 aromatic rings. The molecular formula is C17H24O4. The maximum absolute atomic E-state index is 11.7. The number of aliphatic hydroxyl groups excluding tert-OH is 1. The average molecular weight is 292 g/mol. The molecule has 21 heavy (non-hydrogen) atoms. The fourth-order valence-corrected chi connectivity index (χ4v) is 2.57. The first-order valence-electron chi connectivity index (χ1n) is 7.24. The lowest BCUT2D eigenvalue weighted by Crippen LogP contribution is -2.26. The van der Waals surface area contributed by atoms with Gasteiger partial charge < -0.3 is 9.84 Å². The van der Waals surface area contributed by atoms with E-state index >= 15 is 0 Å². The molecule has 0 radical (unpaired) electrons. The van der Waals surface area contributed by atoms with Crippen LogP contribution in [0.1, 0.15) is 38.2 Å². The van der Waals surface area contributed by atoms with Gasteiger partial charge in [-0.3, -0.25) is 9.59 Å². The molecule has 2 unspecified atom stereocenters. The van der Waals surface area contributed by atoms with Gasteiger partial charge in [0.15, 0.2) is 5.78 Å². The molecule has 4 heteroatoms. The van der Waals surface area contributed by atoms with E-state index in [0.29, 0.717) is 6.42 Å². The number of hydrogen-bond donors (Lipinski definition) is 1. The SMILES string of the molecule is COC(=O)[C@@H](C)C(CC(=O)CO)CC(C)c1ccccc1. The smallest absolute Gasteiger partial charge is 0.308 e. The predicted molar refractivity (Wildman–Crippen MR) is 80.9 cm³/mol. The molecule has 1 rings (SSSR count). The van der Waals surface area contributed by atoms with E-state index in [1.807, 2.05) is 30.3 Å². The van der Waals surface area contributed by atoms with E-state index in [-0.39, 0.29) is 35.9 Å². The van der Waals surface area contributed by atoms with Gasteiger partial charge in [0.25, 0.3) is 0 Å². The molecule has 0 saturated heterocycles. The van der Waals surface area contributed by atoms with Crippen molar-refractivity contribution >= 4 is 11.8 Å². The van der Waals surface area contributed by atoms with E-state index in [9.17, 15) is 9.59 Å². The zero-order valence-electron chi connectivity index (χ0n) is 12.9. The summed E-state index contributed by atoms with van der Waals surface area (Å²) in [6.45, 7) is 3.37. The number of methoxy groups -OCH3 is 1. The minimum absolute atomic E-state index is 0.132. The van der Waals surface area contributed by atoms with E-state index < -0.39 is 6.61 Å². The third-order valence-electron chi connectivity index (χ3n) is 3.97. The number of hydrogen-bond acceptors (Lipinski definition) is 4. The number of rotatable bonds is 8. The van der Waals surface area contributed by atoms with E-state index in [2.05, 4.69) is 6.92 Å². The van der Waals surface area contributed by atoms with Gasteiger partial charge in [0.2, 0.25) is 0 Å². The zero-order valence-corrected chi connectivity index (χ0v) is 12.9. The van der Waals surface area contributed by atoms with Crippen LogP contribution in [0.2, 0.25) is 0 Å². The molecule has 0 fully saturated rings. The van der Waals surface area contributed by atoms with Crippen LogP contribution in [-0.4, -0.2) is 30.6 Å².